The third-order valence-corrected chi connectivity index (χ3v) is 3.76. The summed E-state index contributed by atoms with van der Waals surface area (Å²) in [5, 5.41) is 3.75. The van der Waals surface area contributed by atoms with Crippen LogP contribution in [0.2, 0.25) is 0 Å². The Hall–Kier alpha value is -0.980. The molecule has 1 N–H and O–H groups in total. The van der Waals surface area contributed by atoms with Crippen molar-refractivity contribution in [3.05, 3.63) is 29.8 Å². The fourth-order valence-corrected chi connectivity index (χ4v) is 3.02. The first-order valence-electron chi connectivity index (χ1n) is 5.74. The van der Waals surface area contributed by atoms with Gasteiger partial charge < -0.3 is 5.32 Å². The molecule has 0 atom stereocenters. The Bertz CT molecular complexity index is 310. The number of anilines is 1. The smallest absolute Gasteiger partial charge is 0.0414 e. The van der Waals surface area contributed by atoms with Crippen LogP contribution in [0.3, 0.4) is 0 Å². The zero-order valence-corrected chi connectivity index (χ0v) is 8.55. The highest BCUT2D eigenvalue weighted by Crippen LogP contribution is 2.41. The van der Waals surface area contributed by atoms with Crippen molar-refractivity contribution < 1.29 is 0 Å². The lowest BCUT2D eigenvalue weighted by molar-refractivity contribution is 0.333. The van der Waals surface area contributed by atoms with Gasteiger partial charge in [-0.15, -0.1) is 0 Å². The number of fused-ring (bicyclic) bond motifs is 1. The summed E-state index contributed by atoms with van der Waals surface area (Å²) in [6.45, 7) is 0. The minimum Gasteiger partial charge on any atom is -0.379 e. The van der Waals surface area contributed by atoms with E-state index in [0.29, 0.717) is 5.54 Å². The minimum atomic E-state index is 0.432. The number of hydrogen-bond donors (Lipinski definition) is 1. The second kappa shape index (κ2) is 3.01. The molecule has 0 amide bonds. The van der Waals surface area contributed by atoms with Crippen LogP contribution >= 0.6 is 0 Å². The van der Waals surface area contributed by atoms with E-state index in [-0.39, 0.29) is 0 Å². The largest absolute Gasteiger partial charge is 0.379 e. The van der Waals surface area contributed by atoms with Gasteiger partial charge in [0.2, 0.25) is 0 Å². The van der Waals surface area contributed by atoms with Gasteiger partial charge >= 0.3 is 0 Å². The van der Waals surface area contributed by atoms with E-state index in [1.54, 1.807) is 0 Å². The highest BCUT2D eigenvalue weighted by Gasteiger charge is 2.37. The van der Waals surface area contributed by atoms with Gasteiger partial charge in [-0.05, 0) is 30.9 Å². The number of para-hydroxylation sites is 1. The molecule has 0 saturated heterocycles. The molecule has 1 nitrogen and oxygen atoms in total. The molecule has 0 unspecified atom stereocenters. The zero-order chi connectivity index (χ0) is 9.43. The lowest BCUT2D eigenvalue weighted by atomic mass is 9.80. The van der Waals surface area contributed by atoms with E-state index in [0.717, 1.165) is 0 Å². The minimum absolute atomic E-state index is 0.432. The van der Waals surface area contributed by atoms with E-state index in [2.05, 4.69) is 29.6 Å². The molecule has 74 valence electrons. The van der Waals surface area contributed by atoms with Crippen LogP contribution < -0.4 is 5.32 Å². The Morgan fingerprint density at radius 1 is 1.00 bits per heavy atom. The highest BCUT2D eigenvalue weighted by atomic mass is 15.0. The van der Waals surface area contributed by atoms with Crippen LogP contribution in [0.15, 0.2) is 24.3 Å². The maximum absolute atomic E-state index is 3.75. The van der Waals surface area contributed by atoms with Gasteiger partial charge in [-0.1, -0.05) is 37.5 Å². The first-order chi connectivity index (χ1) is 6.88. The topological polar surface area (TPSA) is 12.0 Å². The third-order valence-electron chi connectivity index (χ3n) is 3.76. The quantitative estimate of drug-likeness (QED) is 0.656. The predicted molar refractivity (Wildman–Crippen MR) is 59.6 cm³/mol. The van der Waals surface area contributed by atoms with Gasteiger partial charge in [-0.2, -0.15) is 0 Å². The van der Waals surface area contributed by atoms with Crippen molar-refractivity contribution in [3.63, 3.8) is 0 Å². The van der Waals surface area contributed by atoms with E-state index in [1.807, 2.05) is 0 Å². The second-order valence-corrected chi connectivity index (χ2v) is 4.80. The molecular formula is C13H17N. The Labute approximate surface area is 85.5 Å². The Balaban J connectivity index is 1.89. The molecular weight excluding hydrogens is 170 g/mol. The molecule has 1 fully saturated rings. The fourth-order valence-electron chi connectivity index (χ4n) is 3.02. The van der Waals surface area contributed by atoms with Gasteiger partial charge in [-0.3, -0.25) is 0 Å². The van der Waals surface area contributed by atoms with E-state index >= 15 is 0 Å². The number of nitrogens with one attached hydrogen (secondary N) is 1. The molecule has 1 aromatic rings. The van der Waals surface area contributed by atoms with Crippen molar-refractivity contribution in [2.75, 3.05) is 5.32 Å². The summed E-state index contributed by atoms with van der Waals surface area (Å²) in [4.78, 5) is 0. The maximum Gasteiger partial charge on any atom is 0.0414 e. The summed E-state index contributed by atoms with van der Waals surface area (Å²) in [7, 11) is 0. The van der Waals surface area contributed by atoms with Crippen LogP contribution in [0.5, 0.6) is 0 Å². The summed E-state index contributed by atoms with van der Waals surface area (Å²) in [6.07, 6.45) is 8.22. The average Bonchev–Trinajstić information content (AvgIpc) is 2.56. The predicted octanol–water partition coefficient (Wildman–Crippen LogP) is 3.36. The van der Waals surface area contributed by atoms with E-state index in [9.17, 15) is 0 Å². The monoisotopic (exact) mass is 187 g/mol. The van der Waals surface area contributed by atoms with E-state index in [4.69, 9.17) is 0 Å². The van der Waals surface area contributed by atoms with Gasteiger partial charge in [0.1, 0.15) is 0 Å². The van der Waals surface area contributed by atoms with E-state index in [1.165, 1.54) is 49.8 Å². The van der Waals surface area contributed by atoms with Crippen LogP contribution in [0.1, 0.15) is 37.7 Å². The average molecular weight is 187 g/mol. The van der Waals surface area contributed by atoms with Crippen LogP contribution in [-0.4, -0.2) is 5.54 Å². The standard InChI is InChI=1S/C13H17N/c1-4-8-13(9-5-1)10-11-6-2-3-7-12(11)14-13/h2-3,6-7,14H,1,4-5,8-10H2. The molecule has 3 rings (SSSR count). The van der Waals surface area contributed by atoms with Crippen molar-refractivity contribution in [2.24, 2.45) is 0 Å². The fraction of sp³-hybridized carbons (Fsp3) is 0.538. The second-order valence-electron chi connectivity index (χ2n) is 4.80. The van der Waals surface area contributed by atoms with Crippen molar-refractivity contribution in [2.45, 2.75) is 44.1 Å². The van der Waals surface area contributed by atoms with Crippen molar-refractivity contribution in [1.29, 1.82) is 0 Å². The van der Waals surface area contributed by atoms with Crippen LogP contribution in [0.4, 0.5) is 5.69 Å². The molecule has 1 aliphatic carbocycles. The lowest BCUT2D eigenvalue weighted by Crippen LogP contribution is -2.38. The molecule has 0 bridgehead atoms. The molecule has 2 aliphatic rings. The summed E-state index contributed by atoms with van der Waals surface area (Å²) in [6, 6.07) is 8.78. The highest BCUT2D eigenvalue weighted by molar-refractivity contribution is 5.58. The maximum atomic E-state index is 3.75. The molecule has 1 heterocycles. The molecule has 1 saturated carbocycles. The van der Waals surface area contributed by atoms with Gasteiger partial charge in [0.15, 0.2) is 0 Å². The summed E-state index contributed by atoms with van der Waals surface area (Å²) in [5.41, 5.74) is 3.34. The number of hydrogen-bond acceptors (Lipinski definition) is 1. The van der Waals surface area contributed by atoms with Crippen molar-refractivity contribution in [3.8, 4) is 0 Å². The summed E-state index contributed by atoms with van der Waals surface area (Å²) < 4.78 is 0. The summed E-state index contributed by atoms with van der Waals surface area (Å²) >= 11 is 0. The van der Waals surface area contributed by atoms with Gasteiger partial charge in [0.25, 0.3) is 0 Å². The number of rotatable bonds is 0. The van der Waals surface area contributed by atoms with Crippen LogP contribution in [-0.2, 0) is 6.42 Å². The Kier molecular flexibility index (Phi) is 1.79. The molecule has 1 aliphatic heterocycles. The zero-order valence-electron chi connectivity index (χ0n) is 8.55. The SMILES string of the molecule is c1ccc2c(c1)CC1(CCCCC1)N2. The lowest BCUT2D eigenvalue weighted by Gasteiger charge is -2.34. The van der Waals surface area contributed by atoms with Gasteiger partial charge in [0.05, 0.1) is 0 Å². The molecule has 14 heavy (non-hydrogen) atoms. The molecule has 1 heteroatoms. The van der Waals surface area contributed by atoms with Gasteiger partial charge in [0, 0.05) is 11.2 Å². The first-order valence-corrected chi connectivity index (χ1v) is 5.74. The van der Waals surface area contributed by atoms with Gasteiger partial charge in [-0.25, -0.2) is 0 Å². The molecule has 0 radical (unpaired) electrons. The van der Waals surface area contributed by atoms with Crippen molar-refractivity contribution in [1.82, 2.24) is 0 Å². The molecule has 1 aromatic carbocycles. The normalized spacial score (nSPS) is 23.1. The third kappa shape index (κ3) is 1.23. The van der Waals surface area contributed by atoms with Crippen molar-refractivity contribution >= 4 is 5.69 Å². The molecule has 1 spiro atoms. The Morgan fingerprint density at radius 3 is 2.57 bits per heavy atom. The summed E-state index contributed by atoms with van der Waals surface area (Å²) in [5.74, 6) is 0. The molecule has 0 aromatic heterocycles. The van der Waals surface area contributed by atoms with Crippen LogP contribution in [0, 0.1) is 0 Å². The first kappa shape index (κ1) is 8.34. The van der Waals surface area contributed by atoms with E-state index < -0.39 is 0 Å². The Morgan fingerprint density at radius 2 is 1.79 bits per heavy atom. The van der Waals surface area contributed by atoms with Crippen LogP contribution in [0.25, 0.3) is 0 Å². The number of benzene rings is 1.